The van der Waals surface area contributed by atoms with Gasteiger partial charge in [-0.1, -0.05) is 65.0 Å². The predicted octanol–water partition coefficient (Wildman–Crippen LogP) is 3.84. The van der Waals surface area contributed by atoms with Crippen LogP contribution in [0.15, 0.2) is 0 Å². The molecule has 0 rings (SSSR count). The first-order valence-electron chi connectivity index (χ1n) is 5.24. The molecule has 5 heteroatoms. The summed E-state index contributed by atoms with van der Waals surface area (Å²) in [5, 5.41) is 1.09. The van der Waals surface area contributed by atoms with Gasteiger partial charge in [-0.05, 0) is 10.1 Å². The number of hydrogen-bond donors (Lipinski definition) is 0. The summed E-state index contributed by atoms with van der Waals surface area (Å²) in [5.74, 6) is 2.00. The SMILES string of the molecule is C[S-](=O)=O.C[Si](C(C)(C)C)C(C)(C)C.[CH3][Ge]. The maximum atomic E-state index is 9.00. The summed E-state index contributed by atoms with van der Waals surface area (Å²) >= 11 is 2.00. The van der Waals surface area contributed by atoms with E-state index in [0.717, 1.165) is 6.26 Å². The zero-order valence-corrected chi connectivity index (χ0v) is 16.1. The van der Waals surface area contributed by atoms with Crippen molar-refractivity contribution in [3.05, 3.63) is 0 Å². The van der Waals surface area contributed by atoms with Crippen molar-refractivity contribution < 1.29 is 8.42 Å². The molecule has 0 aliphatic rings. The first-order valence-corrected chi connectivity index (χ1v) is 10.8. The van der Waals surface area contributed by atoms with Gasteiger partial charge in [-0.25, -0.2) is 0 Å². The van der Waals surface area contributed by atoms with Crippen molar-refractivity contribution in [2.45, 2.75) is 63.9 Å². The fraction of sp³-hybridized carbons (Fsp3) is 1.00. The monoisotopic (exact) mass is 325 g/mol. The average Bonchev–Trinajstić information content (AvgIpc) is 2.02. The number of hydrogen-bond acceptors (Lipinski definition) is 3. The van der Waals surface area contributed by atoms with Gasteiger partial charge in [-0.15, -0.1) is 0 Å². The van der Waals surface area contributed by atoms with E-state index in [0.29, 0.717) is 10.1 Å². The van der Waals surface area contributed by atoms with Gasteiger partial charge < -0.3 is 8.42 Å². The standard InChI is InChI=1S/C9H21Si.CH3Ge.CH3O2S/c1-8(2,3)10(7)9(4,5)6;1-2;1-4(2)3/h1-7H3;1H3;1H3/q;;-1. The van der Waals surface area contributed by atoms with Crippen LogP contribution < -0.4 is 0 Å². The summed E-state index contributed by atoms with van der Waals surface area (Å²) in [5.41, 5.74) is 0. The quantitative estimate of drug-likeness (QED) is 0.501. The second-order valence-electron chi connectivity index (χ2n) is 5.53. The summed E-state index contributed by atoms with van der Waals surface area (Å²) in [6.45, 7) is 16.6. The fourth-order valence-corrected chi connectivity index (χ4v) is 3.38. The Kier molecular flexibility index (Phi) is 13.3. The topological polar surface area (TPSA) is 34.1 Å². The van der Waals surface area contributed by atoms with Crippen LogP contribution >= 0.6 is 0 Å². The number of rotatable bonds is 0. The molecule has 0 aliphatic heterocycles. The zero-order valence-electron chi connectivity index (χ0n) is 12.2. The molecule has 0 aromatic heterocycles. The molecule has 0 aromatic rings. The van der Waals surface area contributed by atoms with Crippen LogP contribution in [0.5, 0.6) is 0 Å². The summed E-state index contributed by atoms with van der Waals surface area (Å²) < 4.78 is 18.0. The molecule has 0 saturated heterocycles. The van der Waals surface area contributed by atoms with E-state index in [4.69, 9.17) is 8.42 Å². The van der Waals surface area contributed by atoms with Gasteiger partial charge in [0.2, 0.25) is 0 Å². The zero-order chi connectivity index (χ0) is 14.2. The first kappa shape index (κ1) is 21.9. The molecule has 16 heavy (non-hydrogen) atoms. The second-order valence-corrected chi connectivity index (χ2v) is 10.6. The van der Waals surface area contributed by atoms with Crippen molar-refractivity contribution in [1.82, 2.24) is 0 Å². The molecule has 0 amide bonds. The van der Waals surface area contributed by atoms with Crippen LogP contribution in [0.4, 0.5) is 0 Å². The van der Waals surface area contributed by atoms with E-state index in [1.165, 1.54) is 0 Å². The van der Waals surface area contributed by atoms with Crippen molar-refractivity contribution in [2.75, 3.05) is 6.26 Å². The third-order valence-electron chi connectivity index (χ3n) is 2.25. The molecule has 0 spiro atoms. The molecule has 0 N–H and O–H groups in total. The summed E-state index contributed by atoms with van der Waals surface area (Å²) in [4.78, 5) is 0. The van der Waals surface area contributed by atoms with E-state index in [1.807, 2.05) is 22.3 Å². The van der Waals surface area contributed by atoms with Crippen LogP contribution in [-0.2, 0) is 19.1 Å². The van der Waals surface area contributed by atoms with Crippen LogP contribution in [0.3, 0.4) is 0 Å². The van der Waals surface area contributed by atoms with E-state index >= 15 is 0 Å². The van der Waals surface area contributed by atoms with E-state index in [-0.39, 0.29) is 8.80 Å². The van der Waals surface area contributed by atoms with Crippen molar-refractivity contribution in [1.29, 1.82) is 0 Å². The maximum absolute atomic E-state index is 9.00. The van der Waals surface area contributed by atoms with Crippen LogP contribution in [0, 0.1) is 0 Å². The average molecular weight is 324 g/mol. The second kappa shape index (κ2) is 9.71. The Hall–Kier alpha value is 0.710. The minimum absolute atomic E-state index is 0.221. The Labute approximate surface area is 114 Å². The molecular weight excluding hydrogens is 297 g/mol. The Morgan fingerprint density at radius 3 is 1.00 bits per heavy atom. The van der Waals surface area contributed by atoms with E-state index in [2.05, 4.69) is 48.1 Å². The summed E-state index contributed by atoms with van der Waals surface area (Å²) in [6.07, 6.45) is 1.08. The molecule has 0 heterocycles. The Morgan fingerprint density at radius 1 is 0.875 bits per heavy atom. The van der Waals surface area contributed by atoms with Gasteiger partial charge in [0.05, 0.1) is 8.80 Å². The van der Waals surface area contributed by atoms with Crippen LogP contribution in [0.2, 0.25) is 22.4 Å². The van der Waals surface area contributed by atoms with Crippen molar-refractivity contribution in [3.63, 3.8) is 0 Å². The third kappa shape index (κ3) is 17.1. The van der Waals surface area contributed by atoms with Gasteiger partial charge >= 0.3 is 22.3 Å². The minimum atomic E-state index is -1.86. The van der Waals surface area contributed by atoms with Gasteiger partial charge in [0, 0.05) is 0 Å². The van der Waals surface area contributed by atoms with Gasteiger partial charge in [0.1, 0.15) is 0 Å². The summed E-state index contributed by atoms with van der Waals surface area (Å²) in [6, 6.07) is 0. The predicted molar refractivity (Wildman–Crippen MR) is 77.3 cm³/mol. The molecule has 0 aromatic carbocycles. The fourth-order valence-electron chi connectivity index (χ4n) is 1.12. The van der Waals surface area contributed by atoms with Gasteiger partial charge in [-0.2, -0.15) is 0 Å². The van der Waals surface area contributed by atoms with Gasteiger partial charge in [-0.3, -0.25) is 0 Å². The van der Waals surface area contributed by atoms with E-state index in [9.17, 15) is 0 Å². The van der Waals surface area contributed by atoms with Gasteiger partial charge in [0.15, 0.2) is 0 Å². The Bertz CT molecular complexity index is 205. The molecule has 0 unspecified atom stereocenters. The molecule has 4 radical (unpaired) electrons. The molecule has 98 valence electrons. The van der Waals surface area contributed by atoms with Crippen LogP contribution in [0.1, 0.15) is 41.5 Å². The molecule has 0 atom stereocenters. The normalized spacial score (nSPS) is 11.5. The van der Waals surface area contributed by atoms with E-state index < -0.39 is 10.7 Å². The molecule has 0 saturated carbocycles. The van der Waals surface area contributed by atoms with Crippen LogP contribution in [-0.4, -0.2) is 31.6 Å². The molecule has 2 nitrogen and oxygen atoms in total. The molecular formula is C11H27GeO2SSi-. The van der Waals surface area contributed by atoms with Crippen molar-refractivity contribution >= 4 is 36.0 Å². The molecule has 0 bridgehead atoms. The van der Waals surface area contributed by atoms with Gasteiger partial charge in [0.25, 0.3) is 0 Å². The summed E-state index contributed by atoms with van der Waals surface area (Å²) in [7, 11) is -2.08. The first-order chi connectivity index (χ1) is 6.89. The van der Waals surface area contributed by atoms with E-state index in [1.54, 1.807) is 0 Å². The molecule has 0 aliphatic carbocycles. The Balaban J connectivity index is -0.000000237. The third-order valence-corrected chi connectivity index (χ3v) is 6.75. The van der Waals surface area contributed by atoms with Crippen molar-refractivity contribution in [3.8, 4) is 0 Å². The Morgan fingerprint density at radius 2 is 1.00 bits per heavy atom. The van der Waals surface area contributed by atoms with Crippen LogP contribution in [0.25, 0.3) is 0 Å². The molecule has 0 fully saturated rings. The van der Waals surface area contributed by atoms with Crippen molar-refractivity contribution in [2.24, 2.45) is 0 Å².